The van der Waals surface area contributed by atoms with Gasteiger partial charge in [0.15, 0.2) is 6.29 Å². The number of nitrogens with zero attached hydrogens (tertiary/aromatic N) is 1. The number of aryl methyl sites for hydroxylation is 1. The van der Waals surface area contributed by atoms with Crippen molar-refractivity contribution in [1.29, 1.82) is 0 Å². The number of fused-ring (bicyclic) bond motifs is 1. The van der Waals surface area contributed by atoms with Gasteiger partial charge in [0.25, 0.3) is 0 Å². The number of alkyl halides is 1. The van der Waals surface area contributed by atoms with E-state index in [9.17, 15) is 14.0 Å². The number of rotatable bonds is 3. The molecular formula is C17H20FNO4. The molecule has 1 heterocycles. The first-order valence-corrected chi connectivity index (χ1v) is 7.28. The molecule has 0 amide bonds. The summed E-state index contributed by atoms with van der Waals surface area (Å²) < 4.78 is 24.9. The summed E-state index contributed by atoms with van der Waals surface area (Å²) in [6.07, 6.45) is 0.0406. The minimum Gasteiger partial charge on any atom is -0.460 e. The monoisotopic (exact) mass is 321 g/mol. The largest absolute Gasteiger partial charge is 0.460 e. The molecule has 0 fully saturated rings. The van der Waals surface area contributed by atoms with Crippen LogP contribution in [-0.4, -0.2) is 28.9 Å². The van der Waals surface area contributed by atoms with Crippen molar-refractivity contribution in [2.24, 2.45) is 0 Å². The van der Waals surface area contributed by atoms with Crippen LogP contribution in [-0.2, 0) is 4.74 Å². The third kappa shape index (κ3) is 3.52. The van der Waals surface area contributed by atoms with Crippen molar-refractivity contribution >= 4 is 23.3 Å². The van der Waals surface area contributed by atoms with Gasteiger partial charge in [-0.15, -0.1) is 0 Å². The number of carbonyl (C=O) groups is 2. The van der Waals surface area contributed by atoms with E-state index in [2.05, 4.69) is 0 Å². The van der Waals surface area contributed by atoms with Gasteiger partial charge in [0.05, 0.1) is 11.1 Å². The molecule has 1 unspecified atom stereocenters. The lowest BCUT2D eigenvalue weighted by molar-refractivity contribution is 0.0543. The van der Waals surface area contributed by atoms with E-state index >= 15 is 0 Å². The number of aromatic nitrogens is 1. The first-order chi connectivity index (χ1) is 10.6. The van der Waals surface area contributed by atoms with Gasteiger partial charge in [-0.25, -0.2) is 9.18 Å². The lowest BCUT2D eigenvalue weighted by Gasteiger charge is -2.20. The van der Waals surface area contributed by atoms with Crippen LogP contribution >= 0.6 is 0 Å². The van der Waals surface area contributed by atoms with Crippen LogP contribution in [0.3, 0.4) is 0 Å². The molecule has 1 aromatic carbocycles. The maximum absolute atomic E-state index is 13.1. The fourth-order valence-electron chi connectivity index (χ4n) is 2.38. The van der Waals surface area contributed by atoms with Crippen LogP contribution in [0.25, 0.3) is 10.9 Å². The Hall–Kier alpha value is -2.37. The van der Waals surface area contributed by atoms with Crippen LogP contribution in [0.15, 0.2) is 18.3 Å². The fourth-order valence-corrected chi connectivity index (χ4v) is 2.38. The van der Waals surface area contributed by atoms with Gasteiger partial charge in [-0.1, -0.05) is 0 Å². The number of halogens is 1. The van der Waals surface area contributed by atoms with E-state index in [0.717, 1.165) is 0 Å². The molecule has 23 heavy (non-hydrogen) atoms. The Labute approximate surface area is 134 Å². The van der Waals surface area contributed by atoms with E-state index in [1.165, 1.54) is 17.7 Å². The van der Waals surface area contributed by atoms with Gasteiger partial charge < -0.3 is 9.47 Å². The molecule has 0 N–H and O–H groups in total. The second-order valence-electron chi connectivity index (χ2n) is 6.31. The zero-order valence-electron chi connectivity index (χ0n) is 13.8. The first-order valence-electron chi connectivity index (χ1n) is 7.28. The van der Waals surface area contributed by atoms with Crippen LogP contribution in [0.4, 0.5) is 9.18 Å². The van der Waals surface area contributed by atoms with Crippen molar-refractivity contribution in [3.63, 3.8) is 0 Å². The average Bonchev–Trinajstić information content (AvgIpc) is 2.81. The molecule has 0 aliphatic rings. The predicted molar refractivity (Wildman–Crippen MR) is 84.9 cm³/mol. The molecule has 6 heteroatoms. The number of benzene rings is 1. The van der Waals surface area contributed by atoms with Gasteiger partial charge in [0.2, 0.25) is 6.36 Å². The molecule has 1 atom stereocenters. The molecule has 0 spiro atoms. The van der Waals surface area contributed by atoms with Crippen molar-refractivity contribution in [3.8, 4) is 5.75 Å². The van der Waals surface area contributed by atoms with E-state index in [0.29, 0.717) is 22.8 Å². The van der Waals surface area contributed by atoms with Crippen LogP contribution in [0.5, 0.6) is 5.75 Å². The van der Waals surface area contributed by atoms with Crippen molar-refractivity contribution in [1.82, 2.24) is 4.57 Å². The van der Waals surface area contributed by atoms with Gasteiger partial charge >= 0.3 is 6.09 Å². The number of carbonyl (C=O) groups excluding carboxylic acids is 2. The first kappa shape index (κ1) is 17.0. The summed E-state index contributed by atoms with van der Waals surface area (Å²) in [5, 5.41) is 0.515. The summed E-state index contributed by atoms with van der Waals surface area (Å²) >= 11 is 0. The van der Waals surface area contributed by atoms with Gasteiger partial charge in [-0.05, 0) is 45.4 Å². The quantitative estimate of drug-likeness (QED) is 0.793. The Morgan fingerprint density at radius 2 is 2.04 bits per heavy atom. The minimum atomic E-state index is -1.54. The SMILES string of the molecule is Cc1cc(OC(C)F)c(C=O)c2ccn(C(=O)OC(C)(C)C)c12. The third-order valence-corrected chi connectivity index (χ3v) is 3.16. The zero-order chi connectivity index (χ0) is 17.4. The Morgan fingerprint density at radius 3 is 2.57 bits per heavy atom. The number of hydrogen-bond acceptors (Lipinski definition) is 4. The number of ether oxygens (including phenoxy) is 2. The predicted octanol–water partition coefficient (Wildman–Crippen LogP) is 4.24. The molecule has 2 rings (SSSR count). The maximum atomic E-state index is 13.1. The van der Waals surface area contributed by atoms with Crippen molar-refractivity contribution < 1.29 is 23.5 Å². The molecule has 2 aromatic rings. The van der Waals surface area contributed by atoms with Gasteiger partial charge in [0.1, 0.15) is 11.4 Å². The highest BCUT2D eigenvalue weighted by molar-refractivity contribution is 6.03. The van der Waals surface area contributed by atoms with E-state index in [-0.39, 0.29) is 11.3 Å². The molecule has 0 bridgehead atoms. The maximum Gasteiger partial charge on any atom is 0.419 e. The van der Waals surface area contributed by atoms with E-state index in [4.69, 9.17) is 9.47 Å². The van der Waals surface area contributed by atoms with Crippen LogP contribution < -0.4 is 4.74 Å². The highest BCUT2D eigenvalue weighted by atomic mass is 19.1. The number of hydrogen-bond donors (Lipinski definition) is 0. The topological polar surface area (TPSA) is 57.5 Å². The molecule has 0 radical (unpaired) electrons. The molecule has 0 saturated carbocycles. The van der Waals surface area contributed by atoms with Gasteiger partial charge in [0, 0.05) is 18.5 Å². The highest BCUT2D eigenvalue weighted by Gasteiger charge is 2.22. The molecule has 0 aliphatic carbocycles. The lowest BCUT2D eigenvalue weighted by Crippen LogP contribution is -2.26. The van der Waals surface area contributed by atoms with Gasteiger partial charge in [-0.3, -0.25) is 9.36 Å². The van der Waals surface area contributed by atoms with Gasteiger partial charge in [-0.2, -0.15) is 0 Å². The molecule has 5 nitrogen and oxygen atoms in total. The molecule has 0 saturated heterocycles. The minimum absolute atomic E-state index is 0.155. The van der Waals surface area contributed by atoms with Crippen molar-refractivity contribution in [2.75, 3.05) is 0 Å². The second-order valence-corrected chi connectivity index (χ2v) is 6.31. The average molecular weight is 321 g/mol. The smallest absolute Gasteiger partial charge is 0.419 e. The summed E-state index contributed by atoms with van der Waals surface area (Å²) in [4.78, 5) is 23.7. The van der Waals surface area contributed by atoms with Crippen LogP contribution in [0.2, 0.25) is 0 Å². The second kappa shape index (κ2) is 6.02. The fraction of sp³-hybridized carbons (Fsp3) is 0.412. The van der Waals surface area contributed by atoms with E-state index in [1.807, 2.05) is 0 Å². The summed E-state index contributed by atoms with van der Waals surface area (Å²) in [7, 11) is 0. The molecular weight excluding hydrogens is 301 g/mol. The standard InChI is InChI=1S/C17H20FNO4/c1-10-8-14(22-11(2)18)13(9-20)12-6-7-19(15(10)12)16(21)23-17(3,4)5/h6-9,11H,1-5H3. The molecule has 124 valence electrons. The molecule has 0 aliphatic heterocycles. The molecule has 1 aromatic heterocycles. The van der Waals surface area contributed by atoms with Crippen LogP contribution in [0.1, 0.15) is 43.6 Å². The van der Waals surface area contributed by atoms with Crippen molar-refractivity contribution in [3.05, 3.63) is 29.5 Å². The Kier molecular flexibility index (Phi) is 4.45. The van der Waals surface area contributed by atoms with E-state index < -0.39 is 18.1 Å². The summed E-state index contributed by atoms with van der Waals surface area (Å²) in [5.74, 6) is 0.155. The Bertz CT molecular complexity index is 756. The van der Waals surface area contributed by atoms with Crippen LogP contribution in [0, 0.1) is 6.92 Å². The highest BCUT2D eigenvalue weighted by Crippen LogP contribution is 2.32. The Morgan fingerprint density at radius 1 is 1.39 bits per heavy atom. The summed E-state index contributed by atoms with van der Waals surface area (Å²) in [6, 6.07) is 3.16. The normalized spacial score (nSPS) is 13.0. The Balaban J connectivity index is 2.60. The third-order valence-electron chi connectivity index (χ3n) is 3.16. The van der Waals surface area contributed by atoms with E-state index in [1.54, 1.807) is 39.8 Å². The van der Waals surface area contributed by atoms with Crippen molar-refractivity contribution in [2.45, 2.75) is 46.6 Å². The summed E-state index contributed by atoms with van der Waals surface area (Å²) in [6.45, 7) is 8.31. The zero-order valence-corrected chi connectivity index (χ0v) is 13.8. The lowest BCUT2D eigenvalue weighted by atomic mass is 10.1. The summed E-state index contributed by atoms with van der Waals surface area (Å²) in [5.41, 5.74) is 0.789. The number of aldehydes is 1.